The number of benzene rings is 2. The van der Waals surface area contributed by atoms with Gasteiger partial charge in [-0.05, 0) is 42.7 Å². The van der Waals surface area contributed by atoms with Crippen LogP contribution >= 0.6 is 0 Å². The molecule has 0 spiro atoms. The summed E-state index contributed by atoms with van der Waals surface area (Å²) in [5.41, 5.74) is 3.01. The number of hydrogen-bond acceptors (Lipinski definition) is 7. The van der Waals surface area contributed by atoms with Gasteiger partial charge in [0.2, 0.25) is 0 Å². The van der Waals surface area contributed by atoms with Gasteiger partial charge in [0.1, 0.15) is 12.0 Å². The molecular formula is C26H29N7O2. The summed E-state index contributed by atoms with van der Waals surface area (Å²) >= 11 is 0. The molecule has 0 bridgehead atoms. The molecule has 3 N–H and O–H groups in total. The summed E-state index contributed by atoms with van der Waals surface area (Å²) in [5, 5.41) is 24.5. The second-order valence-corrected chi connectivity index (χ2v) is 8.07. The lowest BCUT2D eigenvalue weighted by Crippen LogP contribution is -2.29. The van der Waals surface area contributed by atoms with Crippen LogP contribution in [0.2, 0.25) is 0 Å². The van der Waals surface area contributed by atoms with E-state index < -0.39 is 0 Å². The van der Waals surface area contributed by atoms with E-state index in [0.717, 1.165) is 35.7 Å². The summed E-state index contributed by atoms with van der Waals surface area (Å²) in [6.07, 6.45) is 4.55. The normalized spacial score (nSPS) is 11.7. The van der Waals surface area contributed by atoms with E-state index in [1.165, 1.54) is 6.33 Å². The van der Waals surface area contributed by atoms with E-state index in [1.807, 2.05) is 59.2 Å². The minimum absolute atomic E-state index is 0.0170. The van der Waals surface area contributed by atoms with Gasteiger partial charge in [0.25, 0.3) is 5.91 Å². The summed E-state index contributed by atoms with van der Waals surface area (Å²) in [7, 11) is 0. The highest BCUT2D eigenvalue weighted by Gasteiger charge is 2.17. The lowest BCUT2D eigenvalue weighted by molar-refractivity contribution is 0.0930. The molecular weight excluding hydrogens is 442 g/mol. The van der Waals surface area contributed by atoms with Crippen LogP contribution in [0.25, 0.3) is 11.5 Å². The summed E-state index contributed by atoms with van der Waals surface area (Å²) in [6.45, 7) is 3.29. The molecule has 1 amide bonds. The van der Waals surface area contributed by atoms with E-state index >= 15 is 0 Å². The van der Waals surface area contributed by atoms with Gasteiger partial charge in [-0.1, -0.05) is 43.3 Å². The number of hydrogen-bond donors (Lipinski definition) is 3. The van der Waals surface area contributed by atoms with Gasteiger partial charge in [0, 0.05) is 30.6 Å². The molecule has 9 nitrogen and oxygen atoms in total. The zero-order valence-corrected chi connectivity index (χ0v) is 19.6. The Morgan fingerprint density at radius 2 is 1.94 bits per heavy atom. The van der Waals surface area contributed by atoms with Crippen molar-refractivity contribution in [1.29, 1.82) is 0 Å². The zero-order chi connectivity index (χ0) is 24.5. The number of carbonyl (C=O) groups excluding carboxylic acids is 1. The van der Waals surface area contributed by atoms with Crippen molar-refractivity contribution in [2.24, 2.45) is 0 Å². The summed E-state index contributed by atoms with van der Waals surface area (Å²) in [6, 6.07) is 18.5. The number of aromatic nitrogens is 5. The van der Waals surface area contributed by atoms with Gasteiger partial charge in [-0.15, -0.1) is 10.2 Å². The van der Waals surface area contributed by atoms with Crippen molar-refractivity contribution in [3.05, 3.63) is 90.1 Å². The first-order valence-corrected chi connectivity index (χ1v) is 11.7. The number of carbonyl (C=O) groups is 1. The van der Waals surface area contributed by atoms with Gasteiger partial charge >= 0.3 is 0 Å². The van der Waals surface area contributed by atoms with Crippen LogP contribution in [0.15, 0.2) is 73.2 Å². The number of aliphatic hydroxyl groups is 1. The molecule has 0 radical (unpaired) electrons. The maximum absolute atomic E-state index is 13.0. The van der Waals surface area contributed by atoms with Crippen molar-refractivity contribution < 1.29 is 9.90 Å². The predicted molar refractivity (Wildman–Crippen MR) is 133 cm³/mol. The van der Waals surface area contributed by atoms with Crippen molar-refractivity contribution in [3.8, 4) is 11.5 Å². The van der Waals surface area contributed by atoms with Crippen LogP contribution in [-0.2, 0) is 13.1 Å². The molecule has 0 saturated heterocycles. The number of anilines is 1. The summed E-state index contributed by atoms with van der Waals surface area (Å²) < 4.78 is 2.05. The molecule has 2 heterocycles. The first-order valence-electron chi connectivity index (χ1n) is 11.7. The lowest BCUT2D eigenvalue weighted by Gasteiger charge is -2.18. The molecule has 9 heteroatoms. The van der Waals surface area contributed by atoms with Gasteiger partial charge in [-0.25, -0.2) is 9.97 Å². The van der Waals surface area contributed by atoms with Crippen LogP contribution in [0, 0.1) is 0 Å². The van der Waals surface area contributed by atoms with Crippen LogP contribution in [0.4, 0.5) is 5.69 Å². The standard InChI is InChI=1S/C26H29N7O2/c1-2-14-33-24(31-32-25(33)23-11-13-27-18-29-23)17-28-21-10-6-9-20(16-21)26(35)30-22(12-15-34)19-7-4-3-5-8-19/h3-11,13,16,18,22,28,34H,2,12,14-15,17H2,1H3,(H,30,35)/t22-/m1/s1. The Hall–Kier alpha value is -4.11. The Bertz CT molecular complexity index is 1230. The first kappa shape index (κ1) is 24.0. The molecule has 0 unspecified atom stereocenters. The van der Waals surface area contributed by atoms with Crippen LogP contribution in [0.1, 0.15) is 47.6 Å². The highest BCUT2D eigenvalue weighted by atomic mass is 16.3. The second kappa shape index (κ2) is 11.8. The third-order valence-corrected chi connectivity index (χ3v) is 5.59. The fraction of sp³-hybridized carbons (Fsp3) is 0.269. The van der Waals surface area contributed by atoms with E-state index in [-0.39, 0.29) is 18.6 Å². The van der Waals surface area contributed by atoms with E-state index in [0.29, 0.717) is 24.4 Å². The third-order valence-electron chi connectivity index (χ3n) is 5.59. The minimum Gasteiger partial charge on any atom is -0.396 e. The lowest BCUT2D eigenvalue weighted by atomic mass is 10.0. The highest BCUT2D eigenvalue weighted by molar-refractivity contribution is 5.95. The average Bonchev–Trinajstić information content (AvgIpc) is 3.31. The maximum atomic E-state index is 13.0. The van der Waals surface area contributed by atoms with Gasteiger partial charge in [-0.3, -0.25) is 4.79 Å². The van der Waals surface area contributed by atoms with E-state index in [9.17, 15) is 9.90 Å². The molecule has 2 aromatic carbocycles. The average molecular weight is 472 g/mol. The molecule has 0 fully saturated rings. The molecule has 0 aliphatic heterocycles. The van der Waals surface area contributed by atoms with Crippen molar-refractivity contribution in [3.63, 3.8) is 0 Å². The molecule has 180 valence electrons. The Kier molecular flexibility index (Phi) is 8.13. The maximum Gasteiger partial charge on any atom is 0.251 e. The van der Waals surface area contributed by atoms with Gasteiger partial charge in [0.05, 0.1) is 12.6 Å². The Balaban J connectivity index is 1.46. The molecule has 0 aliphatic carbocycles. The summed E-state index contributed by atoms with van der Waals surface area (Å²) in [4.78, 5) is 21.2. The molecule has 2 aromatic heterocycles. The smallest absolute Gasteiger partial charge is 0.251 e. The van der Waals surface area contributed by atoms with Crippen molar-refractivity contribution in [2.45, 2.75) is 38.9 Å². The van der Waals surface area contributed by atoms with E-state index in [1.54, 1.807) is 12.3 Å². The van der Waals surface area contributed by atoms with Crippen LogP contribution < -0.4 is 10.6 Å². The third kappa shape index (κ3) is 6.07. The van der Waals surface area contributed by atoms with Crippen molar-refractivity contribution in [1.82, 2.24) is 30.0 Å². The van der Waals surface area contributed by atoms with E-state index in [2.05, 4.69) is 37.7 Å². The quantitative estimate of drug-likeness (QED) is 0.306. The fourth-order valence-electron chi connectivity index (χ4n) is 3.87. The topological polar surface area (TPSA) is 118 Å². The monoisotopic (exact) mass is 471 g/mol. The Morgan fingerprint density at radius 3 is 2.69 bits per heavy atom. The minimum atomic E-state index is -0.266. The van der Waals surface area contributed by atoms with Crippen molar-refractivity contribution in [2.75, 3.05) is 11.9 Å². The molecule has 0 aliphatic rings. The number of nitrogens with one attached hydrogen (secondary N) is 2. The van der Waals surface area contributed by atoms with Crippen molar-refractivity contribution >= 4 is 11.6 Å². The Morgan fingerprint density at radius 1 is 1.09 bits per heavy atom. The number of aliphatic hydroxyl groups excluding tert-OH is 1. The molecule has 4 aromatic rings. The zero-order valence-electron chi connectivity index (χ0n) is 19.6. The molecule has 35 heavy (non-hydrogen) atoms. The number of amides is 1. The first-order chi connectivity index (χ1) is 17.2. The van der Waals surface area contributed by atoms with Gasteiger partial charge in [-0.2, -0.15) is 0 Å². The van der Waals surface area contributed by atoms with Crippen LogP contribution in [-0.4, -0.2) is 42.4 Å². The number of rotatable bonds is 11. The van der Waals surface area contributed by atoms with Gasteiger partial charge in [0.15, 0.2) is 11.6 Å². The molecule has 0 saturated carbocycles. The van der Waals surface area contributed by atoms with Crippen LogP contribution in [0.5, 0.6) is 0 Å². The second-order valence-electron chi connectivity index (χ2n) is 8.07. The SMILES string of the molecule is CCCn1c(CNc2cccc(C(=O)N[C@H](CCO)c3ccccc3)c2)nnc1-c1ccncn1. The molecule has 1 atom stereocenters. The Labute approximate surface area is 204 Å². The summed E-state index contributed by atoms with van der Waals surface area (Å²) in [5.74, 6) is 1.29. The highest BCUT2D eigenvalue weighted by Crippen LogP contribution is 2.20. The largest absolute Gasteiger partial charge is 0.396 e. The molecule has 4 rings (SSSR count). The predicted octanol–water partition coefficient (Wildman–Crippen LogP) is 3.61. The van der Waals surface area contributed by atoms with E-state index in [4.69, 9.17) is 0 Å². The number of nitrogens with zero attached hydrogens (tertiary/aromatic N) is 5. The van der Waals surface area contributed by atoms with Crippen LogP contribution in [0.3, 0.4) is 0 Å². The fourth-order valence-corrected chi connectivity index (χ4v) is 3.87. The van der Waals surface area contributed by atoms with Gasteiger partial charge < -0.3 is 20.3 Å².